The number of halogens is 1. The second-order valence-corrected chi connectivity index (χ2v) is 6.42. The zero-order chi connectivity index (χ0) is 17.8. The zero-order valence-corrected chi connectivity index (χ0v) is 14.1. The van der Waals surface area contributed by atoms with Gasteiger partial charge in [-0.05, 0) is 40.8 Å². The molecule has 1 unspecified atom stereocenters. The highest BCUT2D eigenvalue weighted by Crippen LogP contribution is 2.16. The molecule has 7 heteroatoms. The van der Waals surface area contributed by atoms with E-state index < -0.39 is 17.5 Å². The van der Waals surface area contributed by atoms with Gasteiger partial charge in [-0.15, -0.1) is 0 Å². The van der Waals surface area contributed by atoms with Gasteiger partial charge in [0.1, 0.15) is 17.5 Å². The van der Waals surface area contributed by atoms with Gasteiger partial charge in [0.15, 0.2) is 5.84 Å². The summed E-state index contributed by atoms with van der Waals surface area (Å²) in [6.45, 7) is 7.31. The molecule has 0 aromatic heterocycles. The maximum absolute atomic E-state index is 14.1. The number of carbonyl (C=O) groups is 1. The number of carbonyl (C=O) groups excluding carboxylic acids is 1. The highest BCUT2D eigenvalue weighted by Gasteiger charge is 2.25. The van der Waals surface area contributed by atoms with Gasteiger partial charge in [0, 0.05) is 17.7 Å². The fourth-order valence-electron chi connectivity index (χ4n) is 1.87. The predicted octanol–water partition coefficient (Wildman–Crippen LogP) is 2.08. The molecule has 3 N–H and O–H groups in total. The second kappa shape index (κ2) is 7.41. The van der Waals surface area contributed by atoms with Crippen molar-refractivity contribution < 1.29 is 19.1 Å². The van der Waals surface area contributed by atoms with Crippen molar-refractivity contribution in [1.29, 1.82) is 0 Å². The molecule has 0 saturated heterocycles. The number of hydrogen-bond donors (Lipinski definition) is 2. The van der Waals surface area contributed by atoms with Crippen molar-refractivity contribution in [2.24, 2.45) is 10.9 Å². The van der Waals surface area contributed by atoms with Gasteiger partial charge in [0.05, 0.1) is 0 Å². The van der Waals surface area contributed by atoms with Crippen molar-refractivity contribution in [3.63, 3.8) is 0 Å². The molecule has 1 atom stereocenters. The van der Waals surface area contributed by atoms with Gasteiger partial charge in [-0.1, -0.05) is 17.3 Å². The van der Waals surface area contributed by atoms with E-state index >= 15 is 0 Å². The molecule has 128 valence electrons. The van der Waals surface area contributed by atoms with Crippen molar-refractivity contribution >= 4 is 11.8 Å². The number of rotatable bonds is 5. The standard InChI is InChI=1S/C16H24FN3O3/c1-10(15(21)23-16(2,3)4)20(5)9-12-7-6-11(8-13(12)17)14(18)19-22/h6-8,10,22H,9H2,1-5H3,(H2,18,19). The summed E-state index contributed by atoms with van der Waals surface area (Å²) in [5.74, 6) is -1.02. The van der Waals surface area contributed by atoms with E-state index in [1.165, 1.54) is 6.07 Å². The molecule has 1 aromatic rings. The Labute approximate surface area is 135 Å². The fraction of sp³-hybridized carbons (Fsp3) is 0.500. The normalized spacial score (nSPS) is 14.0. The van der Waals surface area contributed by atoms with E-state index in [1.54, 1.807) is 51.8 Å². The van der Waals surface area contributed by atoms with Crippen molar-refractivity contribution in [1.82, 2.24) is 4.90 Å². The van der Waals surface area contributed by atoms with Crippen LogP contribution in [0.1, 0.15) is 38.8 Å². The SMILES string of the molecule is CC(C(=O)OC(C)(C)C)N(C)Cc1ccc(C(N)=NO)cc1F. The summed E-state index contributed by atoms with van der Waals surface area (Å²) in [6.07, 6.45) is 0. The van der Waals surface area contributed by atoms with Crippen LogP contribution in [0.2, 0.25) is 0 Å². The number of hydrogen-bond acceptors (Lipinski definition) is 5. The van der Waals surface area contributed by atoms with Crippen LogP contribution >= 0.6 is 0 Å². The lowest BCUT2D eigenvalue weighted by atomic mass is 10.1. The van der Waals surface area contributed by atoms with Gasteiger partial charge in [-0.2, -0.15) is 0 Å². The molecule has 0 aliphatic rings. The summed E-state index contributed by atoms with van der Waals surface area (Å²) in [4.78, 5) is 13.7. The molecule has 0 bridgehead atoms. The smallest absolute Gasteiger partial charge is 0.323 e. The fourth-order valence-corrected chi connectivity index (χ4v) is 1.87. The number of nitrogens with two attached hydrogens (primary N) is 1. The molecule has 0 heterocycles. The van der Waals surface area contributed by atoms with Crippen molar-refractivity contribution in [3.05, 3.63) is 35.1 Å². The Morgan fingerprint density at radius 3 is 2.57 bits per heavy atom. The number of ether oxygens (including phenoxy) is 1. The number of likely N-dealkylation sites (N-methyl/N-ethyl adjacent to an activating group) is 1. The van der Waals surface area contributed by atoms with Gasteiger partial charge < -0.3 is 15.7 Å². The van der Waals surface area contributed by atoms with Crippen molar-refractivity contribution in [2.75, 3.05) is 7.05 Å². The van der Waals surface area contributed by atoms with Gasteiger partial charge in [-0.3, -0.25) is 9.69 Å². The van der Waals surface area contributed by atoms with Crippen LogP contribution in [0.5, 0.6) is 0 Å². The van der Waals surface area contributed by atoms with Gasteiger partial charge >= 0.3 is 5.97 Å². The van der Waals surface area contributed by atoms with Crippen LogP contribution in [0.15, 0.2) is 23.4 Å². The van der Waals surface area contributed by atoms with Crippen molar-refractivity contribution in [2.45, 2.75) is 45.9 Å². The Kier molecular flexibility index (Phi) is 6.09. The minimum atomic E-state index is -0.569. The molecule has 0 aliphatic carbocycles. The zero-order valence-electron chi connectivity index (χ0n) is 14.1. The monoisotopic (exact) mass is 325 g/mol. The summed E-state index contributed by atoms with van der Waals surface area (Å²) in [5.41, 5.74) is 5.54. The van der Waals surface area contributed by atoms with E-state index in [0.717, 1.165) is 0 Å². The third-order valence-corrected chi connectivity index (χ3v) is 3.29. The van der Waals surface area contributed by atoms with E-state index in [1.807, 2.05) is 0 Å². The summed E-state index contributed by atoms with van der Waals surface area (Å²) < 4.78 is 19.4. The van der Waals surface area contributed by atoms with E-state index in [4.69, 9.17) is 15.7 Å². The largest absolute Gasteiger partial charge is 0.459 e. The average Bonchev–Trinajstić information content (AvgIpc) is 2.45. The molecular formula is C16H24FN3O3. The first-order chi connectivity index (χ1) is 10.5. The summed E-state index contributed by atoms with van der Waals surface area (Å²) in [5, 5.41) is 11.4. The first-order valence-corrected chi connectivity index (χ1v) is 7.24. The molecule has 23 heavy (non-hydrogen) atoms. The molecule has 1 rings (SSSR count). The van der Waals surface area contributed by atoms with Crippen LogP contribution in [0.3, 0.4) is 0 Å². The number of esters is 1. The Morgan fingerprint density at radius 1 is 1.48 bits per heavy atom. The molecule has 0 saturated carbocycles. The molecule has 0 amide bonds. The quantitative estimate of drug-likeness (QED) is 0.284. The maximum Gasteiger partial charge on any atom is 0.323 e. The van der Waals surface area contributed by atoms with Crippen LogP contribution in [-0.4, -0.2) is 40.6 Å². The highest BCUT2D eigenvalue weighted by atomic mass is 19.1. The minimum Gasteiger partial charge on any atom is -0.459 e. The molecule has 0 fully saturated rings. The molecular weight excluding hydrogens is 301 g/mol. The topological polar surface area (TPSA) is 88.2 Å². The van der Waals surface area contributed by atoms with Crippen LogP contribution < -0.4 is 5.73 Å². The molecule has 6 nitrogen and oxygen atoms in total. The van der Waals surface area contributed by atoms with Gasteiger partial charge in [0.25, 0.3) is 0 Å². The third-order valence-electron chi connectivity index (χ3n) is 3.29. The predicted molar refractivity (Wildman–Crippen MR) is 85.7 cm³/mol. The molecule has 0 radical (unpaired) electrons. The maximum atomic E-state index is 14.1. The lowest BCUT2D eigenvalue weighted by molar-refractivity contribution is -0.160. The van der Waals surface area contributed by atoms with E-state index in [0.29, 0.717) is 5.56 Å². The number of nitrogens with zero attached hydrogens (tertiary/aromatic N) is 2. The van der Waals surface area contributed by atoms with Crippen molar-refractivity contribution in [3.8, 4) is 0 Å². The molecule has 0 spiro atoms. The third kappa shape index (κ3) is 5.52. The molecule has 1 aromatic carbocycles. The summed E-state index contributed by atoms with van der Waals surface area (Å²) in [7, 11) is 1.71. The Hall–Kier alpha value is -2.15. The average molecular weight is 325 g/mol. The number of oxime groups is 1. The van der Waals surface area contributed by atoms with Crippen LogP contribution in [0.4, 0.5) is 4.39 Å². The summed E-state index contributed by atoms with van der Waals surface area (Å²) >= 11 is 0. The number of benzene rings is 1. The highest BCUT2D eigenvalue weighted by molar-refractivity contribution is 5.97. The first kappa shape index (κ1) is 18.9. The van der Waals surface area contributed by atoms with Crippen LogP contribution in [0, 0.1) is 5.82 Å². The minimum absolute atomic E-state index is 0.161. The van der Waals surface area contributed by atoms with Gasteiger partial charge in [0.2, 0.25) is 0 Å². The lowest BCUT2D eigenvalue weighted by Gasteiger charge is -2.27. The van der Waals surface area contributed by atoms with E-state index in [9.17, 15) is 9.18 Å². The Bertz CT molecular complexity index is 597. The lowest BCUT2D eigenvalue weighted by Crippen LogP contribution is -2.40. The van der Waals surface area contributed by atoms with Gasteiger partial charge in [-0.25, -0.2) is 4.39 Å². The number of amidine groups is 1. The molecule has 0 aliphatic heterocycles. The van der Waals surface area contributed by atoms with E-state index in [-0.39, 0.29) is 23.9 Å². The first-order valence-electron chi connectivity index (χ1n) is 7.24. The second-order valence-electron chi connectivity index (χ2n) is 6.42. The Balaban J connectivity index is 2.81. The summed E-state index contributed by atoms with van der Waals surface area (Å²) in [6, 6.07) is 3.77. The van der Waals surface area contributed by atoms with Crippen LogP contribution in [-0.2, 0) is 16.1 Å². The Morgan fingerprint density at radius 2 is 2.09 bits per heavy atom. The van der Waals surface area contributed by atoms with E-state index in [2.05, 4.69) is 5.16 Å². The van der Waals surface area contributed by atoms with Crippen LogP contribution in [0.25, 0.3) is 0 Å².